The van der Waals surface area contributed by atoms with E-state index in [1.54, 1.807) is 0 Å². The van der Waals surface area contributed by atoms with Gasteiger partial charge in [-0.25, -0.2) is 0 Å². The standard InChI is InChI=1S/C16H31NO/c1-4-5-6-7-8-9-10-16(18)17-12-14(2)11-15(3)13-17/h14-15H,4-13H2,1-3H3. The molecule has 0 spiro atoms. The van der Waals surface area contributed by atoms with Gasteiger partial charge in [0.1, 0.15) is 0 Å². The molecule has 0 aromatic carbocycles. The van der Waals surface area contributed by atoms with Crippen LogP contribution in [-0.2, 0) is 4.79 Å². The minimum Gasteiger partial charge on any atom is -0.342 e. The highest BCUT2D eigenvalue weighted by Crippen LogP contribution is 2.21. The van der Waals surface area contributed by atoms with Gasteiger partial charge in [0.05, 0.1) is 0 Å². The Morgan fingerprint density at radius 1 is 1.00 bits per heavy atom. The van der Waals surface area contributed by atoms with Gasteiger partial charge in [-0.1, -0.05) is 52.9 Å². The summed E-state index contributed by atoms with van der Waals surface area (Å²) >= 11 is 0. The van der Waals surface area contributed by atoms with E-state index in [1.807, 2.05) is 0 Å². The fourth-order valence-corrected chi connectivity index (χ4v) is 3.08. The van der Waals surface area contributed by atoms with Crippen LogP contribution in [0.2, 0.25) is 0 Å². The average Bonchev–Trinajstić information content (AvgIpc) is 2.32. The van der Waals surface area contributed by atoms with Crippen LogP contribution < -0.4 is 0 Å². The van der Waals surface area contributed by atoms with Gasteiger partial charge in [0.2, 0.25) is 5.91 Å². The van der Waals surface area contributed by atoms with E-state index in [2.05, 4.69) is 25.7 Å². The van der Waals surface area contributed by atoms with Gasteiger partial charge in [-0.15, -0.1) is 0 Å². The second-order valence-electron chi connectivity index (χ2n) is 6.26. The lowest BCUT2D eigenvalue weighted by atomic mass is 9.91. The van der Waals surface area contributed by atoms with E-state index in [4.69, 9.17) is 0 Å². The molecule has 1 aliphatic rings. The van der Waals surface area contributed by atoms with E-state index < -0.39 is 0 Å². The second-order valence-corrected chi connectivity index (χ2v) is 6.26. The number of amides is 1. The molecule has 2 unspecified atom stereocenters. The molecule has 0 saturated carbocycles. The quantitative estimate of drug-likeness (QED) is 0.621. The number of piperidine rings is 1. The topological polar surface area (TPSA) is 20.3 Å². The van der Waals surface area contributed by atoms with Crippen LogP contribution >= 0.6 is 0 Å². The van der Waals surface area contributed by atoms with Gasteiger partial charge >= 0.3 is 0 Å². The van der Waals surface area contributed by atoms with Gasteiger partial charge in [-0.3, -0.25) is 4.79 Å². The van der Waals surface area contributed by atoms with E-state index in [-0.39, 0.29) is 0 Å². The first kappa shape index (κ1) is 15.5. The minimum absolute atomic E-state index is 0.392. The smallest absolute Gasteiger partial charge is 0.222 e. The molecule has 1 amide bonds. The summed E-state index contributed by atoms with van der Waals surface area (Å²) < 4.78 is 0. The third kappa shape index (κ3) is 5.88. The maximum Gasteiger partial charge on any atom is 0.222 e. The molecule has 0 aromatic rings. The molecule has 2 atom stereocenters. The third-order valence-electron chi connectivity index (χ3n) is 3.97. The van der Waals surface area contributed by atoms with Gasteiger partial charge in [0.25, 0.3) is 0 Å². The van der Waals surface area contributed by atoms with Crippen molar-refractivity contribution in [2.75, 3.05) is 13.1 Å². The van der Waals surface area contributed by atoms with Gasteiger partial charge in [-0.2, -0.15) is 0 Å². The molecule has 0 aliphatic carbocycles. The van der Waals surface area contributed by atoms with Gasteiger partial charge < -0.3 is 4.90 Å². The Morgan fingerprint density at radius 2 is 1.56 bits per heavy atom. The first-order chi connectivity index (χ1) is 8.63. The lowest BCUT2D eigenvalue weighted by molar-refractivity contribution is -0.134. The summed E-state index contributed by atoms with van der Waals surface area (Å²) in [7, 11) is 0. The molecule has 0 N–H and O–H groups in total. The molecule has 0 radical (unpaired) electrons. The molecule has 1 rings (SSSR count). The molecule has 1 aliphatic heterocycles. The molecule has 1 saturated heterocycles. The number of hydrogen-bond acceptors (Lipinski definition) is 1. The molecular weight excluding hydrogens is 222 g/mol. The number of nitrogens with zero attached hydrogens (tertiary/aromatic N) is 1. The minimum atomic E-state index is 0.392. The summed E-state index contributed by atoms with van der Waals surface area (Å²) in [5, 5.41) is 0. The van der Waals surface area contributed by atoms with Crippen molar-refractivity contribution in [1.29, 1.82) is 0 Å². The van der Waals surface area contributed by atoms with Crippen molar-refractivity contribution in [2.45, 2.75) is 72.1 Å². The van der Waals surface area contributed by atoms with Crippen molar-refractivity contribution < 1.29 is 4.79 Å². The summed E-state index contributed by atoms with van der Waals surface area (Å²) in [4.78, 5) is 14.2. The molecule has 2 nitrogen and oxygen atoms in total. The Labute approximate surface area is 113 Å². The summed E-state index contributed by atoms with van der Waals surface area (Å²) in [6, 6.07) is 0. The maximum absolute atomic E-state index is 12.1. The number of hydrogen-bond donors (Lipinski definition) is 0. The van der Waals surface area contributed by atoms with Gasteiger partial charge in [0.15, 0.2) is 0 Å². The maximum atomic E-state index is 12.1. The van der Waals surface area contributed by atoms with E-state index >= 15 is 0 Å². The fourth-order valence-electron chi connectivity index (χ4n) is 3.08. The van der Waals surface area contributed by atoms with Crippen molar-refractivity contribution in [2.24, 2.45) is 11.8 Å². The van der Waals surface area contributed by atoms with Crippen molar-refractivity contribution in [3.05, 3.63) is 0 Å². The Bertz CT molecular complexity index is 229. The molecule has 106 valence electrons. The largest absolute Gasteiger partial charge is 0.342 e. The zero-order valence-corrected chi connectivity index (χ0v) is 12.6. The highest BCUT2D eigenvalue weighted by molar-refractivity contribution is 5.76. The van der Waals surface area contributed by atoms with Crippen LogP contribution in [0.15, 0.2) is 0 Å². The predicted octanol–water partition coefficient (Wildman–Crippen LogP) is 4.24. The van der Waals surface area contributed by atoms with Gasteiger partial charge in [0, 0.05) is 19.5 Å². The Balaban J connectivity index is 2.12. The zero-order valence-electron chi connectivity index (χ0n) is 12.6. The van der Waals surface area contributed by atoms with Crippen LogP contribution in [0.4, 0.5) is 0 Å². The van der Waals surface area contributed by atoms with E-state index in [1.165, 1.54) is 38.5 Å². The van der Waals surface area contributed by atoms with Crippen molar-refractivity contribution in [1.82, 2.24) is 4.90 Å². The number of carbonyl (C=O) groups excluding carboxylic acids is 1. The van der Waals surface area contributed by atoms with E-state index in [9.17, 15) is 4.79 Å². The van der Waals surface area contributed by atoms with Crippen LogP contribution in [0.25, 0.3) is 0 Å². The molecule has 1 heterocycles. The monoisotopic (exact) mass is 253 g/mol. The van der Waals surface area contributed by atoms with Crippen molar-refractivity contribution >= 4 is 5.91 Å². The average molecular weight is 253 g/mol. The number of likely N-dealkylation sites (tertiary alicyclic amines) is 1. The molecule has 1 fully saturated rings. The second kappa shape index (κ2) is 8.55. The summed E-state index contributed by atoms with van der Waals surface area (Å²) in [5.74, 6) is 1.76. The highest BCUT2D eigenvalue weighted by Gasteiger charge is 2.24. The fraction of sp³-hybridized carbons (Fsp3) is 0.938. The normalized spacial score (nSPS) is 24.3. The highest BCUT2D eigenvalue weighted by atomic mass is 16.2. The Hall–Kier alpha value is -0.530. The third-order valence-corrected chi connectivity index (χ3v) is 3.97. The number of unbranched alkanes of at least 4 members (excludes halogenated alkanes) is 5. The zero-order chi connectivity index (χ0) is 13.4. The molecule has 18 heavy (non-hydrogen) atoms. The SMILES string of the molecule is CCCCCCCCC(=O)N1CC(C)CC(C)C1. The lowest BCUT2D eigenvalue weighted by Gasteiger charge is -2.35. The van der Waals surface area contributed by atoms with Crippen molar-refractivity contribution in [3.8, 4) is 0 Å². The first-order valence-corrected chi connectivity index (χ1v) is 7.91. The van der Waals surface area contributed by atoms with Crippen LogP contribution in [0.1, 0.15) is 72.1 Å². The first-order valence-electron chi connectivity index (χ1n) is 7.91. The van der Waals surface area contributed by atoms with Crippen LogP contribution in [-0.4, -0.2) is 23.9 Å². The molecule has 0 bridgehead atoms. The van der Waals surface area contributed by atoms with Crippen LogP contribution in [0, 0.1) is 11.8 Å². The van der Waals surface area contributed by atoms with Crippen LogP contribution in [0.5, 0.6) is 0 Å². The molecule has 2 heteroatoms. The predicted molar refractivity (Wildman–Crippen MR) is 77.5 cm³/mol. The van der Waals surface area contributed by atoms with E-state index in [0.717, 1.165) is 25.9 Å². The number of carbonyl (C=O) groups is 1. The number of rotatable bonds is 7. The van der Waals surface area contributed by atoms with Crippen LogP contribution in [0.3, 0.4) is 0 Å². The Kier molecular flexibility index (Phi) is 7.38. The van der Waals surface area contributed by atoms with Crippen molar-refractivity contribution in [3.63, 3.8) is 0 Å². The van der Waals surface area contributed by atoms with Gasteiger partial charge in [-0.05, 0) is 24.7 Å². The summed E-state index contributed by atoms with van der Waals surface area (Å²) in [6.45, 7) is 8.74. The Morgan fingerprint density at radius 3 is 2.17 bits per heavy atom. The van der Waals surface area contributed by atoms with E-state index in [0.29, 0.717) is 17.7 Å². The lowest BCUT2D eigenvalue weighted by Crippen LogP contribution is -2.42. The molecule has 0 aromatic heterocycles. The summed E-state index contributed by atoms with van der Waals surface area (Å²) in [5.41, 5.74) is 0. The molecular formula is C16H31NO. The summed E-state index contributed by atoms with van der Waals surface area (Å²) in [6.07, 6.45) is 9.63.